The van der Waals surface area contributed by atoms with Crippen molar-refractivity contribution in [1.29, 1.82) is 0 Å². The van der Waals surface area contributed by atoms with Crippen molar-refractivity contribution in [1.82, 2.24) is 15.1 Å². The first-order valence-electron chi connectivity index (χ1n) is 9.56. The van der Waals surface area contributed by atoms with E-state index in [0.29, 0.717) is 28.5 Å². The van der Waals surface area contributed by atoms with E-state index in [2.05, 4.69) is 33.1 Å². The van der Waals surface area contributed by atoms with Gasteiger partial charge in [-0.05, 0) is 48.7 Å². The molecule has 1 aliphatic heterocycles. The molecule has 1 amide bonds. The normalized spacial score (nSPS) is 15.8. The minimum absolute atomic E-state index is 0.0715. The van der Waals surface area contributed by atoms with Crippen LogP contribution in [0, 0.1) is 6.92 Å². The molecule has 0 aliphatic carbocycles. The minimum Gasteiger partial charge on any atom is -0.507 e. The van der Waals surface area contributed by atoms with Crippen molar-refractivity contribution in [2.45, 2.75) is 32.7 Å². The van der Waals surface area contributed by atoms with E-state index in [1.54, 1.807) is 12.1 Å². The van der Waals surface area contributed by atoms with Crippen LogP contribution < -0.4 is 0 Å². The zero-order valence-electron chi connectivity index (χ0n) is 16.2. The topological polar surface area (TPSA) is 69.2 Å². The molecule has 1 aromatic heterocycles. The molecule has 0 spiro atoms. The number of carbonyl (C=O) groups excluding carboxylic acids is 1. The molecule has 1 aliphatic rings. The summed E-state index contributed by atoms with van der Waals surface area (Å²) in [7, 11) is 0. The van der Waals surface area contributed by atoms with E-state index in [1.165, 1.54) is 0 Å². The molecular weight excluding hydrogens is 454 g/mol. The molecule has 0 fully saturated rings. The van der Waals surface area contributed by atoms with Gasteiger partial charge in [-0.25, -0.2) is 0 Å². The maximum absolute atomic E-state index is 13.2. The average Bonchev–Trinajstić information content (AvgIpc) is 3.23. The number of hydrogen-bond donors (Lipinski definition) is 2. The van der Waals surface area contributed by atoms with Crippen LogP contribution in [0.25, 0.3) is 11.3 Å². The number of aryl methyl sites for hydroxylation is 1. The van der Waals surface area contributed by atoms with Gasteiger partial charge in [-0.15, -0.1) is 0 Å². The van der Waals surface area contributed by atoms with Gasteiger partial charge in [0.15, 0.2) is 0 Å². The Morgan fingerprint density at radius 2 is 2.00 bits per heavy atom. The number of nitrogens with one attached hydrogen (secondary N) is 1. The van der Waals surface area contributed by atoms with Crippen molar-refractivity contribution >= 4 is 33.4 Å². The molecule has 0 bridgehead atoms. The van der Waals surface area contributed by atoms with Crippen LogP contribution in [0.3, 0.4) is 0 Å². The van der Waals surface area contributed by atoms with E-state index in [0.717, 1.165) is 34.0 Å². The van der Waals surface area contributed by atoms with Crippen molar-refractivity contribution in [3.63, 3.8) is 0 Å². The third-order valence-electron chi connectivity index (χ3n) is 5.33. The summed E-state index contributed by atoms with van der Waals surface area (Å²) in [5, 5.41) is 18.4. The zero-order valence-corrected chi connectivity index (χ0v) is 18.5. The van der Waals surface area contributed by atoms with Crippen LogP contribution >= 0.6 is 27.5 Å². The molecule has 0 saturated heterocycles. The third-order valence-corrected chi connectivity index (χ3v) is 6.27. The van der Waals surface area contributed by atoms with Gasteiger partial charge in [-0.2, -0.15) is 5.10 Å². The number of phenols is 1. The lowest BCUT2D eigenvalue weighted by atomic mass is 9.95. The van der Waals surface area contributed by atoms with Crippen molar-refractivity contribution < 1.29 is 9.90 Å². The number of halogens is 2. The van der Waals surface area contributed by atoms with Gasteiger partial charge in [0.1, 0.15) is 17.1 Å². The van der Waals surface area contributed by atoms with E-state index in [-0.39, 0.29) is 17.7 Å². The number of aromatic hydroxyl groups is 1. The molecule has 1 atom stereocenters. The number of H-pyrrole nitrogens is 1. The quantitative estimate of drug-likeness (QED) is 0.487. The maximum Gasteiger partial charge on any atom is 0.273 e. The molecule has 0 saturated carbocycles. The van der Waals surface area contributed by atoms with E-state index < -0.39 is 0 Å². The average molecular weight is 475 g/mol. The van der Waals surface area contributed by atoms with E-state index in [4.69, 9.17) is 11.6 Å². The number of rotatable bonds is 5. The van der Waals surface area contributed by atoms with Gasteiger partial charge < -0.3 is 10.0 Å². The highest BCUT2D eigenvalue weighted by atomic mass is 79.9. The SMILES string of the molecule is CCCCN1C(=O)c2[nH]nc(-c3cc(Cl)c(C)cc3O)c2C1c1ccc(Br)cc1. The Kier molecular flexibility index (Phi) is 5.40. The highest BCUT2D eigenvalue weighted by Gasteiger charge is 2.42. The molecule has 0 radical (unpaired) electrons. The van der Waals surface area contributed by atoms with Crippen LogP contribution in [0.5, 0.6) is 5.75 Å². The van der Waals surface area contributed by atoms with E-state index >= 15 is 0 Å². The zero-order chi connectivity index (χ0) is 20.7. The molecular formula is C22H21BrClN3O2. The van der Waals surface area contributed by atoms with Gasteiger partial charge in [0, 0.05) is 27.2 Å². The number of carbonyl (C=O) groups is 1. The number of benzene rings is 2. The Balaban J connectivity index is 1.89. The lowest BCUT2D eigenvalue weighted by Gasteiger charge is -2.26. The summed E-state index contributed by atoms with van der Waals surface area (Å²) in [6.45, 7) is 4.59. The number of amides is 1. The summed E-state index contributed by atoms with van der Waals surface area (Å²) in [6, 6.07) is 11.0. The first-order valence-corrected chi connectivity index (χ1v) is 10.7. The van der Waals surface area contributed by atoms with Crippen molar-refractivity contribution in [2.24, 2.45) is 0 Å². The second kappa shape index (κ2) is 7.84. The van der Waals surface area contributed by atoms with Crippen molar-refractivity contribution in [2.75, 3.05) is 6.54 Å². The van der Waals surface area contributed by atoms with Crippen molar-refractivity contribution in [3.05, 3.63) is 68.3 Å². The molecule has 3 aromatic rings. The van der Waals surface area contributed by atoms with Crippen LogP contribution in [0.2, 0.25) is 5.02 Å². The first-order chi connectivity index (χ1) is 13.9. The van der Waals surface area contributed by atoms with Crippen LogP contribution in [-0.2, 0) is 0 Å². The molecule has 1 unspecified atom stereocenters. The summed E-state index contributed by atoms with van der Waals surface area (Å²) in [5.41, 5.74) is 4.11. The van der Waals surface area contributed by atoms with Gasteiger partial charge >= 0.3 is 0 Å². The number of fused-ring (bicyclic) bond motifs is 1. The van der Waals surface area contributed by atoms with Crippen LogP contribution in [0.15, 0.2) is 40.9 Å². The number of aromatic nitrogens is 2. The number of unbranched alkanes of at least 4 members (excludes halogenated alkanes) is 1. The second-order valence-corrected chi connectivity index (χ2v) is 8.61. The Morgan fingerprint density at radius 3 is 2.69 bits per heavy atom. The lowest BCUT2D eigenvalue weighted by molar-refractivity contribution is 0.0741. The highest BCUT2D eigenvalue weighted by Crippen LogP contribution is 2.45. The molecule has 2 heterocycles. The highest BCUT2D eigenvalue weighted by molar-refractivity contribution is 9.10. The first kappa shape index (κ1) is 20.0. The number of nitrogens with zero attached hydrogens (tertiary/aromatic N) is 2. The van der Waals surface area contributed by atoms with Crippen LogP contribution in [0.4, 0.5) is 0 Å². The molecule has 150 valence electrons. The van der Waals surface area contributed by atoms with E-state index in [1.807, 2.05) is 36.1 Å². The molecule has 5 nitrogen and oxygen atoms in total. The number of aromatic amines is 1. The molecule has 4 rings (SSSR count). The second-order valence-electron chi connectivity index (χ2n) is 7.29. The fourth-order valence-corrected chi connectivity index (χ4v) is 4.24. The summed E-state index contributed by atoms with van der Waals surface area (Å²) in [4.78, 5) is 15.0. The van der Waals surface area contributed by atoms with Gasteiger partial charge in [-0.1, -0.05) is 53.0 Å². The Labute approximate surface area is 182 Å². The fraction of sp³-hybridized carbons (Fsp3) is 0.273. The Bertz CT molecular complexity index is 1080. The fourth-order valence-electron chi connectivity index (χ4n) is 3.81. The summed E-state index contributed by atoms with van der Waals surface area (Å²) < 4.78 is 0.973. The lowest BCUT2D eigenvalue weighted by Crippen LogP contribution is -2.30. The smallest absolute Gasteiger partial charge is 0.273 e. The predicted molar refractivity (Wildman–Crippen MR) is 117 cm³/mol. The molecule has 2 N–H and O–H groups in total. The Morgan fingerprint density at radius 1 is 1.28 bits per heavy atom. The summed E-state index contributed by atoms with van der Waals surface area (Å²) in [5.74, 6) is 0.0213. The van der Waals surface area contributed by atoms with Crippen LogP contribution in [-0.4, -0.2) is 32.7 Å². The molecule has 2 aromatic carbocycles. The molecule has 7 heteroatoms. The molecule has 29 heavy (non-hydrogen) atoms. The third kappa shape index (κ3) is 3.45. The van der Waals surface area contributed by atoms with Gasteiger partial charge in [0.2, 0.25) is 0 Å². The van der Waals surface area contributed by atoms with Gasteiger partial charge in [0.05, 0.1) is 6.04 Å². The number of phenolic OH excluding ortho intramolecular Hbond substituents is 1. The summed E-state index contributed by atoms with van der Waals surface area (Å²) >= 11 is 9.79. The van der Waals surface area contributed by atoms with E-state index in [9.17, 15) is 9.90 Å². The maximum atomic E-state index is 13.2. The number of hydrogen-bond acceptors (Lipinski definition) is 3. The Hall–Kier alpha value is -2.31. The minimum atomic E-state index is -0.273. The van der Waals surface area contributed by atoms with Gasteiger partial charge in [0.25, 0.3) is 5.91 Å². The van der Waals surface area contributed by atoms with Crippen LogP contribution in [0.1, 0.15) is 53.0 Å². The monoisotopic (exact) mass is 473 g/mol. The standard InChI is InChI=1S/C22H21BrClN3O2/c1-3-4-9-27-21(13-5-7-14(23)8-6-13)18-19(25-26-20(18)22(27)29)15-11-16(24)12(2)10-17(15)28/h5-8,10-11,21,28H,3-4,9H2,1-2H3,(H,25,26). The predicted octanol–water partition coefficient (Wildman–Crippen LogP) is 5.85. The largest absolute Gasteiger partial charge is 0.507 e. The van der Waals surface area contributed by atoms with Crippen molar-refractivity contribution in [3.8, 4) is 17.0 Å². The summed E-state index contributed by atoms with van der Waals surface area (Å²) in [6.07, 6.45) is 1.90. The van der Waals surface area contributed by atoms with Gasteiger partial charge in [-0.3, -0.25) is 9.89 Å².